The third kappa shape index (κ3) is 1.37. The molecule has 0 atom stereocenters. The molecule has 0 fully saturated rings. The molecule has 0 spiro atoms. The van der Waals surface area contributed by atoms with Crippen LogP contribution in [0.5, 0.6) is 0 Å². The second-order valence-electron chi connectivity index (χ2n) is 2.86. The molecule has 0 aliphatic rings. The van der Waals surface area contributed by atoms with Gasteiger partial charge in [0, 0.05) is 7.05 Å². The molecule has 0 unspecified atom stereocenters. The van der Waals surface area contributed by atoms with Crippen molar-refractivity contribution in [1.82, 2.24) is 19.7 Å². The van der Waals surface area contributed by atoms with Gasteiger partial charge < -0.3 is 11.5 Å². The highest BCUT2D eigenvalue weighted by Gasteiger charge is 2.07. The van der Waals surface area contributed by atoms with E-state index in [0.29, 0.717) is 23.3 Å². The molecule has 0 aliphatic heterocycles. The summed E-state index contributed by atoms with van der Waals surface area (Å²) in [7, 11) is 1.72. The maximum absolute atomic E-state index is 5.55. The Hall–Kier alpha value is -2.11. The molecular weight excluding hydrogens is 180 g/mol. The van der Waals surface area contributed by atoms with Crippen molar-refractivity contribution >= 4 is 11.8 Å². The number of nitrogen functional groups attached to an aromatic ring is 2. The summed E-state index contributed by atoms with van der Waals surface area (Å²) in [6, 6.07) is 5.28. The number of aromatic nitrogens is 4. The molecule has 2 heterocycles. The predicted octanol–water partition coefficient (Wildman–Crippen LogP) is 0.0415. The Morgan fingerprint density at radius 1 is 1.21 bits per heavy atom. The van der Waals surface area contributed by atoms with E-state index in [0.717, 1.165) is 0 Å². The Labute approximate surface area is 80.6 Å². The van der Waals surface area contributed by atoms with Crippen molar-refractivity contribution in [2.24, 2.45) is 7.05 Å². The van der Waals surface area contributed by atoms with Crippen LogP contribution in [0.2, 0.25) is 0 Å². The first-order chi connectivity index (χ1) is 6.66. The van der Waals surface area contributed by atoms with Crippen molar-refractivity contribution in [2.75, 3.05) is 11.5 Å². The van der Waals surface area contributed by atoms with Gasteiger partial charge in [0.15, 0.2) is 0 Å². The minimum Gasteiger partial charge on any atom is -0.384 e. The largest absolute Gasteiger partial charge is 0.384 e. The van der Waals surface area contributed by atoms with Gasteiger partial charge in [-0.3, -0.25) is 0 Å². The van der Waals surface area contributed by atoms with E-state index in [2.05, 4.69) is 15.1 Å². The molecular formula is C8H10N6. The summed E-state index contributed by atoms with van der Waals surface area (Å²) in [5.41, 5.74) is 11.7. The number of rotatable bonds is 1. The van der Waals surface area contributed by atoms with E-state index in [-0.39, 0.29) is 0 Å². The van der Waals surface area contributed by atoms with Gasteiger partial charge in [-0.2, -0.15) is 4.98 Å². The molecule has 0 radical (unpaired) electrons. The van der Waals surface area contributed by atoms with Gasteiger partial charge in [-0.15, -0.1) is 5.10 Å². The quantitative estimate of drug-likeness (QED) is 0.662. The smallest absolute Gasteiger partial charge is 0.218 e. The monoisotopic (exact) mass is 190 g/mol. The molecule has 0 aliphatic carbocycles. The number of anilines is 2. The third-order valence-electron chi connectivity index (χ3n) is 1.80. The van der Waals surface area contributed by atoms with Gasteiger partial charge in [0.2, 0.25) is 11.8 Å². The number of aryl methyl sites for hydroxylation is 1. The molecule has 0 saturated carbocycles. The summed E-state index contributed by atoms with van der Waals surface area (Å²) >= 11 is 0. The normalized spacial score (nSPS) is 10.4. The van der Waals surface area contributed by atoms with Gasteiger partial charge in [-0.05, 0) is 12.1 Å². The molecule has 6 nitrogen and oxygen atoms in total. The molecule has 0 amide bonds. The number of hydrogen-bond acceptors (Lipinski definition) is 5. The fourth-order valence-electron chi connectivity index (χ4n) is 1.08. The highest BCUT2D eigenvalue weighted by atomic mass is 15.4. The topological polar surface area (TPSA) is 95.6 Å². The lowest BCUT2D eigenvalue weighted by Crippen LogP contribution is -1.97. The summed E-state index contributed by atoms with van der Waals surface area (Å²) in [6.07, 6.45) is 0. The zero-order chi connectivity index (χ0) is 10.1. The second kappa shape index (κ2) is 2.99. The van der Waals surface area contributed by atoms with Crippen molar-refractivity contribution in [3.05, 3.63) is 18.2 Å². The minimum absolute atomic E-state index is 0.351. The van der Waals surface area contributed by atoms with Crippen LogP contribution < -0.4 is 11.5 Å². The van der Waals surface area contributed by atoms with Crippen LogP contribution in [0.3, 0.4) is 0 Å². The fourth-order valence-corrected chi connectivity index (χ4v) is 1.08. The molecule has 72 valence electrons. The first-order valence-corrected chi connectivity index (χ1v) is 4.06. The van der Waals surface area contributed by atoms with E-state index in [1.54, 1.807) is 25.2 Å². The van der Waals surface area contributed by atoms with Gasteiger partial charge >= 0.3 is 0 Å². The maximum atomic E-state index is 5.55. The minimum atomic E-state index is 0.351. The average molecular weight is 190 g/mol. The summed E-state index contributed by atoms with van der Waals surface area (Å²) in [5, 5.41) is 4.08. The molecule has 0 saturated heterocycles. The zero-order valence-electron chi connectivity index (χ0n) is 7.68. The molecule has 2 aromatic heterocycles. The standard InChI is InChI=1S/C8H10N6/c1-14-8(10)12-7(13-14)5-3-2-4-6(9)11-5/h2-4H,1H3,(H2,9,11)(H2,10,12,13). The van der Waals surface area contributed by atoms with Crippen LogP contribution in [0.15, 0.2) is 18.2 Å². The molecule has 14 heavy (non-hydrogen) atoms. The van der Waals surface area contributed by atoms with E-state index in [1.165, 1.54) is 4.68 Å². The molecule has 4 N–H and O–H groups in total. The van der Waals surface area contributed by atoms with Crippen molar-refractivity contribution in [3.63, 3.8) is 0 Å². The summed E-state index contributed by atoms with van der Waals surface area (Å²) in [5.74, 6) is 1.27. The van der Waals surface area contributed by atoms with Gasteiger partial charge in [0.05, 0.1) is 0 Å². The first kappa shape index (κ1) is 8.49. The van der Waals surface area contributed by atoms with Gasteiger partial charge in [-0.25, -0.2) is 9.67 Å². The average Bonchev–Trinajstić information content (AvgIpc) is 2.47. The number of nitrogens with zero attached hydrogens (tertiary/aromatic N) is 4. The third-order valence-corrected chi connectivity index (χ3v) is 1.80. The molecule has 0 bridgehead atoms. The van der Waals surface area contributed by atoms with Crippen LogP contribution in [-0.2, 0) is 7.05 Å². The van der Waals surface area contributed by atoms with E-state index < -0.39 is 0 Å². The van der Waals surface area contributed by atoms with E-state index >= 15 is 0 Å². The van der Waals surface area contributed by atoms with Crippen molar-refractivity contribution in [2.45, 2.75) is 0 Å². The van der Waals surface area contributed by atoms with Gasteiger partial charge in [0.1, 0.15) is 11.5 Å². The Balaban J connectivity index is 2.49. The molecule has 0 aromatic carbocycles. The molecule has 6 heteroatoms. The number of nitrogens with two attached hydrogens (primary N) is 2. The SMILES string of the molecule is Cn1nc(-c2cccc(N)n2)nc1N. The zero-order valence-corrected chi connectivity index (χ0v) is 7.68. The van der Waals surface area contributed by atoms with Crippen LogP contribution in [0.4, 0.5) is 11.8 Å². The fraction of sp³-hybridized carbons (Fsp3) is 0.125. The lowest BCUT2D eigenvalue weighted by Gasteiger charge is -1.94. The Morgan fingerprint density at radius 3 is 2.57 bits per heavy atom. The lowest BCUT2D eigenvalue weighted by molar-refractivity contribution is 0.780. The van der Waals surface area contributed by atoms with Gasteiger partial charge in [0.25, 0.3) is 0 Å². The Morgan fingerprint density at radius 2 is 2.00 bits per heavy atom. The molecule has 2 aromatic rings. The number of hydrogen-bond donors (Lipinski definition) is 2. The van der Waals surface area contributed by atoms with Crippen LogP contribution in [0.25, 0.3) is 11.5 Å². The Bertz CT molecular complexity index is 441. The lowest BCUT2D eigenvalue weighted by atomic mass is 10.3. The van der Waals surface area contributed by atoms with Crippen molar-refractivity contribution < 1.29 is 0 Å². The van der Waals surface area contributed by atoms with Gasteiger partial charge in [-0.1, -0.05) is 6.07 Å². The van der Waals surface area contributed by atoms with Crippen LogP contribution >= 0.6 is 0 Å². The number of pyridine rings is 1. The van der Waals surface area contributed by atoms with Crippen LogP contribution in [-0.4, -0.2) is 19.7 Å². The summed E-state index contributed by atoms with van der Waals surface area (Å²) < 4.78 is 1.49. The van der Waals surface area contributed by atoms with Crippen LogP contribution in [0, 0.1) is 0 Å². The molecule has 2 rings (SSSR count). The predicted molar refractivity (Wildman–Crippen MR) is 53.1 cm³/mol. The van der Waals surface area contributed by atoms with E-state index in [1.807, 2.05) is 0 Å². The van der Waals surface area contributed by atoms with Crippen LogP contribution in [0.1, 0.15) is 0 Å². The van der Waals surface area contributed by atoms with Crippen molar-refractivity contribution in [1.29, 1.82) is 0 Å². The first-order valence-electron chi connectivity index (χ1n) is 4.06. The maximum Gasteiger partial charge on any atom is 0.218 e. The van der Waals surface area contributed by atoms with E-state index in [9.17, 15) is 0 Å². The highest BCUT2D eigenvalue weighted by molar-refractivity contribution is 5.53. The summed E-state index contributed by atoms with van der Waals surface area (Å²) in [4.78, 5) is 8.11. The second-order valence-corrected chi connectivity index (χ2v) is 2.86. The summed E-state index contributed by atoms with van der Waals surface area (Å²) in [6.45, 7) is 0. The van der Waals surface area contributed by atoms with Crippen molar-refractivity contribution in [3.8, 4) is 11.5 Å². The Kier molecular flexibility index (Phi) is 1.81. The van der Waals surface area contributed by atoms with E-state index in [4.69, 9.17) is 11.5 Å². The highest BCUT2D eigenvalue weighted by Crippen LogP contribution is 2.14.